The van der Waals surface area contributed by atoms with E-state index in [0.717, 1.165) is 5.56 Å². The third kappa shape index (κ3) is 3.19. The SMILES string of the molecule is OB(O)c1ccc(N=Cc2ccc(O)cc2)cc1. The Balaban J connectivity index is 2.11. The van der Waals surface area contributed by atoms with E-state index < -0.39 is 7.12 Å². The highest BCUT2D eigenvalue weighted by Crippen LogP contribution is 2.11. The van der Waals surface area contributed by atoms with Gasteiger partial charge in [-0.05, 0) is 47.4 Å². The molecular weight excluding hydrogens is 229 g/mol. The summed E-state index contributed by atoms with van der Waals surface area (Å²) in [5.74, 6) is 0.216. The second-order valence-electron chi connectivity index (χ2n) is 3.81. The molecule has 18 heavy (non-hydrogen) atoms. The van der Waals surface area contributed by atoms with Crippen LogP contribution in [0.15, 0.2) is 53.5 Å². The smallest absolute Gasteiger partial charge is 0.488 e. The molecule has 0 saturated heterocycles. The molecule has 0 aliphatic heterocycles. The fourth-order valence-electron chi connectivity index (χ4n) is 1.44. The summed E-state index contributed by atoms with van der Waals surface area (Å²) < 4.78 is 0. The number of phenols is 1. The lowest BCUT2D eigenvalue weighted by Gasteiger charge is -1.99. The molecule has 0 atom stereocenters. The van der Waals surface area contributed by atoms with E-state index in [9.17, 15) is 0 Å². The number of phenolic OH excluding ortho intramolecular Hbond substituents is 1. The molecule has 4 nitrogen and oxygen atoms in total. The molecule has 0 aliphatic carbocycles. The number of benzene rings is 2. The van der Waals surface area contributed by atoms with Crippen LogP contribution < -0.4 is 5.46 Å². The van der Waals surface area contributed by atoms with Crippen molar-refractivity contribution >= 4 is 24.5 Å². The minimum atomic E-state index is -1.46. The van der Waals surface area contributed by atoms with E-state index in [-0.39, 0.29) is 5.75 Å². The second-order valence-corrected chi connectivity index (χ2v) is 3.81. The van der Waals surface area contributed by atoms with Crippen LogP contribution in [0, 0.1) is 0 Å². The van der Waals surface area contributed by atoms with Gasteiger partial charge >= 0.3 is 7.12 Å². The lowest BCUT2D eigenvalue weighted by atomic mass is 9.80. The van der Waals surface area contributed by atoms with Crippen LogP contribution in [0.25, 0.3) is 0 Å². The summed E-state index contributed by atoms with van der Waals surface area (Å²) in [4.78, 5) is 4.24. The predicted octanol–water partition coefficient (Wildman–Crippen LogP) is 0.823. The lowest BCUT2D eigenvalue weighted by molar-refractivity contribution is 0.426. The van der Waals surface area contributed by atoms with Gasteiger partial charge in [-0.3, -0.25) is 4.99 Å². The van der Waals surface area contributed by atoms with Crippen molar-refractivity contribution in [3.05, 3.63) is 54.1 Å². The van der Waals surface area contributed by atoms with Crippen LogP contribution in [-0.2, 0) is 0 Å². The van der Waals surface area contributed by atoms with Gasteiger partial charge in [0.15, 0.2) is 0 Å². The number of hydrogen-bond acceptors (Lipinski definition) is 4. The first kappa shape index (κ1) is 12.4. The van der Waals surface area contributed by atoms with Gasteiger partial charge in [0.2, 0.25) is 0 Å². The molecule has 3 N–H and O–H groups in total. The minimum Gasteiger partial charge on any atom is -0.508 e. The highest BCUT2D eigenvalue weighted by molar-refractivity contribution is 6.58. The number of nitrogens with zero attached hydrogens (tertiary/aromatic N) is 1. The third-order valence-electron chi connectivity index (χ3n) is 2.45. The van der Waals surface area contributed by atoms with Gasteiger partial charge in [-0.15, -0.1) is 0 Å². The van der Waals surface area contributed by atoms with E-state index in [1.807, 2.05) is 0 Å². The minimum absolute atomic E-state index is 0.216. The van der Waals surface area contributed by atoms with E-state index in [1.54, 1.807) is 54.7 Å². The Morgan fingerprint density at radius 2 is 1.50 bits per heavy atom. The van der Waals surface area contributed by atoms with Crippen LogP contribution >= 0.6 is 0 Å². The van der Waals surface area contributed by atoms with Crippen molar-refractivity contribution < 1.29 is 15.2 Å². The summed E-state index contributed by atoms with van der Waals surface area (Å²) >= 11 is 0. The van der Waals surface area contributed by atoms with Gasteiger partial charge in [0.25, 0.3) is 0 Å². The van der Waals surface area contributed by atoms with E-state index in [2.05, 4.69) is 4.99 Å². The fourth-order valence-corrected chi connectivity index (χ4v) is 1.44. The molecule has 90 valence electrons. The van der Waals surface area contributed by atoms with Crippen LogP contribution in [-0.4, -0.2) is 28.5 Å². The fraction of sp³-hybridized carbons (Fsp3) is 0. The van der Waals surface area contributed by atoms with Gasteiger partial charge in [0.1, 0.15) is 5.75 Å². The van der Waals surface area contributed by atoms with Crippen molar-refractivity contribution in [1.29, 1.82) is 0 Å². The number of aromatic hydroxyl groups is 1. The van der Waals surface area contributed by atoms with E-state index in [0.29, 0.717) is 11.2 Å². The Kier molecular flexibility index (Phi) is 3.77. The molecule has 0 amide bonds. The van der Waals surface area contributed by atoms with Crippen molar-refractivity contribution in [3.63, 3.8) is 0 Å². The molecule has 2 aromatic carbocycles. The van der Waals surface area contributed by atoms with Crippen LogP contribution in [0.2, 0.25) is 0 Å². The first-order valence-corrected chi connectivity index (χ1v) is 5.44. The van der Waals surface area contributed by atoms with E-state index in [1.165, 1.54) is 0 Å². The molecule has 0 aliphatic rings. The van der Waals surface area contributed by atoms with Crippen molar-refractivity contribution in [1.82, 2.24) is 0 Å². The first-order valence-electron chi connectivity index (χ1n) is 5.44. The summed E-state index contributed by atoms with van der Waals surface area (Å²) in [7, 11) is -1.46. The Morgan fingerprint density at radius 1 is 0.889 bits per heavy atom. The van der Waals surface area contributed by atoms with Crippen LogP contribution in [0.3, 0.4) is 0 Å². The van der Waals surface area contributed by atoms with Gasteiger partial charge in [-0.1, -0.05) is 12.1 Å². The van der Waals surface area contributed by atoms with E-state index in [4.69, 9.17) is 15.2 Å². The summed E-state index contributed by atoms with van der Waals surface area (Å²) in [5.41, 5.74) is 2.02. The Labute approximate surface area is 105 Å². The molecule has 5 heteroatoms. The van der Waals surface area contributed by atoms with Crippen LogP contribution in [0.5, 0.6) is 5.75 Å². The molecule has 2 aromatic rings. The van der Waals surface area contributed by atoms with Crippen molar-refractivity contribution in [3.8, 4) is 5.75 Å². The highest BCUT2D eigenvalue weighted by atomic mass is 16.4. The predicted molar refractivity (Wildman–Crippen MR) is 71.6 cm³/mol. The lowest BCUT2D eigenvalue weighted by Crippen LogP contribution is -2.29. The van der Waals surface area contributed by atoms with Gasteiger partial charge in [0.05, 0.1) is 5.69 Å². The number of aliphatic imine (C=N–C) groups is 1. The quantitative estimate of drug-likeness (QED) is 0.550. The molecule has 0 spiro atoms. The van der Waals surface area contributed by atoms with Gasteiger partial charge in [-0.25, -0.2) is 0 Å². The molecular formula is C13H12BNO3. The zero-order chi connectivity index (χ0) is 13.0. The molecule has 0 aromatic heterocycles. The molecule has 0 heterocycles. The third-order valence-corrected chi connectivity index (χ3v) is 2.45. The Bertz CT molecular complexity index is 535. The molecule has 0 saturated carbocycles. The maximum Gasteiger partial charge on any atom is 0.488 e. The summed E-state index contributed by atoms with van der Waals surface area (Å²) in [6.07, 6.45) is 1.67. The normalized spacial score (nSPS) is 10.8. The van der Waals surface area contributed by atoms with Gasteiger partial charge in [0, 0.05) is 6.21 Å². The Hall–Kier alpha value is -2.11. The Morgan fingerprint density at radius 3 is 2.06 bits per heavy atom. The molecule has 0 bridgehead atoms. The summed E-state index contributed by atoms with van der Waals surface area (Å²) in [6, 6.07) is 13.3. The average Bonchev–Trinajstić information content (AvgIpc) is 2.38. The number of hydrogen-bond donors (Lipinski definition) is 3. The average molecular weight is 241 g/mol. The maximum atomic E-state index is 9.13. The molecule has 0 fully saturated rings. The molecule has 2 rings (SSSR count). The van der Waals surface area contributed by atoms with E-state index >= 15 is 0 Å². The highest BCUT2D eigenvalue weighted by Gasteiger charge is 2.09. The summed E-state index contributed by atoms with van der Waals surface area (Å²) in [6.45, 7) is 0. The largest absolute Gasteiger partial charge is 0.508 e. The molecule has 0 unspecified atom stereocenters. The van der Waals surface area contributed by atoms with Crippen molar-refractivity contribution in [2.45, 2.75) is 0 Å². The van der Waals surface area contributed by atoms with Crippen molar-refractivity contribution in [2.24, 2.45) is 4.99 Å². The number of rotatable bonds is 3. The standard InChI is InChI=1S/C13H12BNO3/c16-13-7-1-10(2-8-13)9-15-12-5-3-11(4-6-12)14(17)18/h1-9,16-18H. The topological polar surface area (TPSA) is 73.0 Å². The monoisotopic (exact) mass is 241 g/mol. The zero-order valence-corrected chi connectivity index (χ0v) is 9.56. The van der Waals surface area contributed by atoms with Gasteiger partial charge in [-0.2, -0.15) is 0 Å². The van der Waals surface area contributed by atoms with Gasteiger partial charge < -0.3 is 15.2 Å². The summed E-state index contributed by atoms with van der Waals surface area (Å²) in [5, 5.41) is 27.0. The maximum absolute atomic E-state index is 9.13. The van der Waals surface area contributed by atoms with Crippen molar-refractivity contribution in [2.75, 3.05) is 0 Å². The first-order chi connectivity index (χ1) is 8.65. The van der Waals surface area contributed by atoms with Crippen LogP contribution in [0.4, 0.5) is 5.69 Å². The molecule has 0 radical (unpaired) electrons. The zero-order valence-electron chi connectivity index (χ0n) is 9.56. The second kappa shape index (κ2) is 5.49. The van der Waals surface area contributed by atoms with Crippen LogP contribution in [0.1, 0.15) is 5.56 Å².